The Morgan fingerprint density at radius 1 is 1.00 bits per heavy atom. The Kier molecular flexibility index (Phi) is 2.88. The molecule has 0 radical (unpaired) electrons. The van der Waals surface area contributed by atoms with Crippen LogP contribution >= 0.6 is 0 Å². The highest BCUT2D eigenvalue weighted by Gasteiger charge is 2.36. The standard InChI is InChI=1S/C18H19NO2/c20-18(21)16-8-9-17(15-7-2-1-6-14(15)16)19-10-12-4-3-5-13(12)11-19/h1-2,6-9,12-13H,3-5,10-11H2,(H,20,21). The molecule has 1 aliphatic carbocycles. The van der Waals surface area contributed by atoms with Gasteiger partial charge in [0.15, 0.2) is 0 Å². The molecule has 4 rings (SSSR count). The first-order valence-corrected chi connectivity index (χ1v) is 7.74. The van der Waals surface area contributed by atoms with Crippen LogP contribution in [-0.2, 0) is 0 Å². The highest BCUT2D eigenvalue weighted by molar-refractivity contribution is 6.07. The topological polar surface area (TPSA) is 40.5 Å². The van der Waals surface area contributed by atoms with Crippen molar-refractivity contribution in [3.63, 3.8) is 0 Å². The van der Waals surface area contributed by atoms with Gasteiger partial charge in [0.2, 0.25) is 0 Å². The molecule has 108 valence electrons. The SMILES string of the molecule is O=C(O)c1ccc(N2CC3CCCC3C2)c2ccccc12. The summed E-state index contributed by atoms with van der Waals surface area (Å²) < 4.78 is 0. The van der Waals surface area contributed by atoms with Gasteiger partial charge in [-0.25, -0.2) is 4.79 Å². The first-order valence-electron chi connectivity index (χ1n) is 7.74. The van der Waals surface area contributed by atoms with E-state index in [0.29, 0.717) is 5.56 Å². The Morgan fingerprint density at radius 2 is 1.67 bits per heavy atom. The van der Waals surface area contributed by atoms with E-state index >= 15 is 0 Å². The Labute approximate surface area is 124 Å². The van der Waals surface area contributed by atoms with Crippen molar-refractivity contribution in [1.29, 1.82) is 0 Å². The van der Waals surface area contributed by atoms with Gasteiger partial charge in [-0.1, -0.05) is 30.7 Å². The molecule has 2 aliphatic rings. The normalized spacial score (nSPS) is 24.5. The highest BCUT2D eigenvalue weighted by atomic mass is 16.4. The predicted molar refractivity (Wildman–Crippen MR) is 84.0 cm³/mol. The summed E-state index contributed by atoms with van der Waals surface area (Å²) >= 11 is 0. The van der Waals surface area contributed by atoms with E-state index in [1.54, 1.807) is 6.07 Å². The van der Waals surface area contributed by atoms with Crippen LogP contribution in [0.3, 0.4) is 0 Å². The summed E-state index contributed by atoms with van der Waals surface area (Å²) in [6.07, 6.45) is 4.08. The predicted octanol–water partition coefficient (Wildman–Crippen LogP) is 3.77. The Balaban J connectivity index is 1.80. The molecule has 1 heterocycles. The zero-order valence-corrected chi connectivity index (χ0v) is 12.0. The molecule has 2 unspecified atom stereocenters. The lowest BCUT2D eigenvalue weighted by molar-refractivity contribution is 0.0699. The van der Waals surface area contributed by atoms with Gasteiger partial charge in [-0.05, 0) is 42.2 Å². The first kappa shape index (κ1) is 12.7. The number of nitrogens with zero attached hydrogens (tertiary/aromatic N) is 1. The fraction of sp³-hybridized carbons (Fsp3) is 0.389. The summed E-state index contributed by atoms with van der Waals surface area (Å²) in [6.45, 7) is 2.25. The molecule has 2 atom stereocenters. The first-order chi connectivity index (χ1) is 10.2. The van der Waals surface area contributed by atoms with E-state index < -0.39 is 5.97 Å². The van der Waals surface area contributed by atoms with Crippen LogP contribution in [-0.4, -0.2) is 24.2 Å². The number of hydrogen-bond acceptors (Lipinski definition) is 2. The van der Waals surface area contributed by atoms with Crippen molar-refractivity contribution < 1.29 is 9.90 Å². The minimum Gasteiger partial charge on any atom is -0.478 e. The molecule has 0 bridgehead atoms. The maximum absolute atomic E-state index is 11.4. The summed E-state index contributed by atoms with van der Waals surface area (Å²) in [6, 6.07) is 11.6. The van der Waals surface area contributed by atoms with E-state index in [-0.39, 0.29) is 0 Å². The van der Waals surface area contributed by atoms with Crippen molar-refractivity contribution in [3.8, 4) is 0 Å². The fourth-order valence-corrected chi connectivity index (χ4v) is 4.18. The van der Waals surface area contributed by atoms with Gasteiger partial charge >= 0.3 is 5.97 Å². The van der Waals surface area contributed by atoms with E-state index in [9.17, 15) is 9.90 Å². The van der Waals surface area contributed by atoms with Crippen LogP contribution in [0.4, 0.5) is 5.69 Å². The Bertz CT molecular complexity index is 697. The van der Waals surface area contributed by atoms with Crippen molar-refractivity contribution in [3.05, 3.63) is 42.0 Å². The molecule has 0 aromatic heterocycles. The summed E-state index contributed by atoms with van der Waals surface area (Å²) in [4.78, 5) is 13.9. The molecule has 2 aromatic carbocycles. The average Bonchev–Trinajstić information content (AvgIpc) is 3.07. The highest BCUT2D eigenvalue weighted by Crippen LogP contribution is 2.41. The van der Waals surface area contributed by atoms with Gasteiger partial charge in [0.05, 0.1) is 5.56 Å². The number of carboxylic acid groups (broad SMARTS) is 1. The molecule has 2 fully saturated rings. The number of carboxylic acids is 1. The third kappa shape index (κ3) is 1.99. The molecule has 3 nitrogen and oxygen atoms in total. The molecule has 2 aromatic rings. The van der Waals surface area contributed by atoms with Gasteiger partial charge < -0.3 is 10.0 Å². The molecule has 1 saturated carbocycles. The van der Waals surface area contributed by atoms with Crippen LogP contribution in [0, 0.1) is 11.8 Å². The van der Waals surface area contributed by atoms with Crippen LogP contribution in [0.1, 0.15) is 29.6 Å². The summed E-state index contributed by atoms with van der Waals surface area (Å²) in [5.74, 6) is 0.821. The molecule has 3 heteroatoms. The number of aromatic carboxylic acids is 1. The van der Waals surface area contributed by atoms with Crippen LogP contribution in [0.2, 0.25) is 0 Å². The molecule has 0 amide bonds. The lowest BCUT2D eigenvalue weighted by atomic mass is 10.0. The van der Waals surface area contributed by atoms with Gasteiger partial charge in [0.25, 0.3) is 0 Å². The smallest absolute Gasteiger partial charge is 0.336 e. The average molecular weight is 281 g/mol. The fourth-order valence-electron chi connectivity index (χ4n) is 4.18. The second-order valence-corrected chi connectivity index (χ2v) is 6.34. The zero-order chi connectivity index (χ0) is 14.4. The van der Waals surface area contributed by atoms with E-state index in [2.05, 4.69) is 4.90 Å². The Morgan fingerprint density at radius 3 is 2.33 bits per heavy atom. The molecular weight excluding hydrogens is 262 g/mol. The third-order valence-electron chi connectivity index (χ3n) is 5.20. The zero-order valence-electron chi connectivity index (χ0n) is 12.0. The third-order valence-corrected chi connectivity index (χ3v) is 5.20. The van der Waals surface area contributed by atoms with Crippen molar-refractivity contribution in [2.75, 3.05) is 18.0 Å². The summed E-state index contributed by atoms with van der Waals surface area (Å²) in [5.41, 5.74) is 1.60. The number of benzene rings is 2. The van der Waals surface area contributed by atoms with E-state index in [4.69, 9.17) is 0 Å². The maximum Gasteiger partial charge on any atom is 0.336 e. The molecule has 1 saturated heterocycles. The second-order valence-electron chi connectivity index (χ2n) is 6.34. The van der Waals surface area contributed by atoms with Crippen molar-refractivity contribution in [1.82, 2.24) is 0 Å². The number of rotatable bonds is 2. The molecule has 1 N–H and O–H groups in total. The van der Waals surface area contributed by atoms with E-state index in [1.165, 1.54) is 24.9 Å². The molecule has 21 heavy (non-hydrogen) atoms. The van der Waals surface area contributed by atoms with E-state index in [0.717, 1.165) is 35.7 Å². The minimum atomic E-state index is -0.851. The van der Waals surface area contributed by atoms with E-state index in [1.807, 2.05) is 30.3 Å². The van der Waals surface area contributed by atoms with Crippen LogP contribution in [0.15, 0.2) is 36.4 Å². The number of carbonyl (C=O) groups is 1. The lowest BCUT2D eigenvalue weighted by Gasteiger charge is -2.22. The molecule has 1 aliphatic heterocycles. The van der Waals surface area contributed by atoms with Crippen molar-refractivity contribution in [2.24, 2.45) is 11.8 Å². The maximum atomic E-state index is 11.4. The lowest BCUT2D eigenvalue weighted by Crippen LogP contribution is -2.21. The summed E-state index contributed by atoms with van der Waals surface area (Å²) in [5, 5.41) is 11.3. The summed E-state index contributed by atoms with van der Waals surface area (Å²) in [7, 11) is 0. The van der Waals surface area contributed by atoms with Crippen LogP contribution < -0.4 is 4.90 Å². The quantitative estimate of drug-likeness (QED) is 0.910. The van der Waals surface area contributed by atoms with Crippen LogP contribution in [0.5, 0.6) is 0 Å². The number of anilines is 1. The molecular formula is C18H19NO2. The van der Waals surface area contributed by atoms with Gasteiger partial charge in [-0.15, -0.1) is 0 Å². The minimum absolute atomic E-state index is 0.397. The second kappa shape index (κ2) is 4.76. The largest absolute Gasteiger partial charge is 0.478 e. The van der Waals surface area contributed by atoms with Gasteiger partial charge in [0, 0.05) is 24.2 Å². The van der Waals surface area contributed by atoms with Crippen molar-refractivity contribution in [2.45, 2.75) is 19.3 Å². The van der Waals surface area contributed by atoms with Crippen molar-refractivity contribution >= 4 is 22.4 Å². The van der Waals surface area contributed by atoms with Gasteiger partial charge in [-0.3, -0.25) is 0 Å². The monoisotopic (exact) mass is 281 g/mol. The Hall–Kier alpha value is -2.03. The number of fused-ring (bicyclic) bond motifs is 2. The van der Waals surface area contributed by atoms with Gasteiger partial charge in [0.1, 0.15) is 0 Å². The van der Waals surface area contributed by atoms with Gasteiger partial charge in [-0.2, -0.15) is 0 Å². The molecule has 0 spiro atoms. The number of hydrogen-bond donors (Lipinski definition) is 1. The van der Waals surface area contributed by atoms with Crippen LogP contribution in [0.25, 0.3) is 10.8 Å².